The Labute approximate surface area is 144 Å². The van der Waals surface area contributed by atoms with Crippen molar-refractivity contribution in [1.82, 2.24) is 14.8 Å². The number of aryl methyl sites for hydroxylation is 1. The number of hydrogen-bond donors (Lipinski definition) is 1. The summed E-state index contributed by atoms with van der Waals surface area (Å²) in [5, 5.41) is 6.99. The third kappa shape index (κ3) is 3.16. The van der Waals surface area contributed by atoms with Gasteiger partial charge in [-0.1, -0.05) is 24.3 Å². The molecule has 7 nitrogen and oxygen atoms in total. The van der Waals surface area contributed by atoms with E-state index in [1.54, 1.807) is 29.2 Å². The summed E-state index contributed by atoms with van der Waals surface area (Å²) in [4.78, 5) is 16.5. The van der Waals surface area contributed by atoms with E-state index in [-0.39, 0.29) is 18.6 Å². The maximum absolute atomic E-state index is 12.3. The number of nitrogens with one attached hydrogen (secondary N) is 1. The van der Waals surface area contributed by atoms with Crippen molar-refractivity contribution in [3.63, 3.8) is 0 Å². The van der Waals surface area contributed by atoms with Gasteiger partial charge in [-0.05, 0) is 36.2 Å². The second-order valence-corrected chi connectivity index (χ2v) is 5.71. The van der Waals surface area contributed by atoms with Gasteiger partial charge >= 0.3 is 0 Å². The molecule has 0 radical (unpaired) electrons. The summed E-state index contributed by atoms with van der Waals surface area (Å²) in [6.45, 7) is 2.82. The first-order valence-electron chi connectivity index (χ1n) is 7.84. The third-order valence-corrected chi connectivity index (χ3v) is 3.99. The molecule has 0 saturated carbocycles. The topological polar surface area (TPSA) is 78.3 Å². The van der Waals surface area contributed by atoms with Crippen molar-refractivity contribution in [1.29, 1.82) is 0 Å². The van der Waals surface area contributed by atoms with Crippen LogP contribution in [0.5, 0.6) is 11.5 Å². The van der Waals surface area contributed by atoms with Crippen LogP contribution in [0.1, 0.15) is 21.5 Å². The van der Waals surface area contributed by atoms with Crippen molar-refractivity contribution in [3.05, 3.63) is 65.5 Å². The summed E-state index contributed by atoms with van der Waals surface area (Å²) in [5.41, 5.74) is 2.80. The lowest BCUT2D eigenvalue weighted by Crippen LogP contribution is -2.13. The summed E-state index contributed by atoms with van der Waals surface area (Å²) in [6, 6.07) is 13.1. The molecular formula is C18H16N4O3. The lowest BCUT2D eigenvalue weighted by atomic mass is 10.1. The van der Waals surface area contributed by atoms with Crippen LogP contribution in [-0.4, -0.2) is 27.5 Å². The van der Waals surface area contributed by atoms with E-state index in [1.165, 1.54) is 5.56 Å². The number of aromatic nitrogens is 3. The van der Waals surface area contributed by atoms with Crippen molar-refractivity contribution < 1.29 is 14.3 Å². The highest BCUT2D eigenvalue weighted by atomic mass is 16.7. The smallest absolute Gasteiger partial charge is 0.258 e. The third-order valence-electron chi connectivity index (χ3n) is 3.99. The molecule has 1 amide bonds. The van der Waals surface area contributed by atoms with Gasteiger partial charge in [-0.2, -0.15) is 0 Å². The van der Waals surface area contributed by atoms with Crippen LogP contribution in [0, 0.1) is 6.92 Å². The summed E-state index contributed by atoms with van der Waals surface area (Å²) in [7, 11) is 0. The van der Waals surface area contributed by atoms with Crippen LogP contribution in [0.3, 0.4) is 0 Å². The number of benzene rings is 2. The first-order valence-corrected chi connectivity index (χ1v) is 7.84. The molecule has 1 N–H and O–H groups in total. The molecule has 0 bridgehead atoms. The maximum Gasteiger partial charge on any atom is 0.258 e. The molecule has 0 spiro atoms. The molecule has 0 aliphatic carbocycles. The number of anilines is 1. The van der Waals surface area contributed by atoms with Crippen molar-refractivity contribution in [2.75, 3.05) is 12.1 Å². The average molecular weight is 336 g/mol. The number of ether oxygens (including phenoxy) is 2. The van der Waals surface area contributed by atoms with Crippen LogP contribution >= 0.6 is 0 Å². The van der Waals surface area contributed by atoms with E-state index in [0.717, 1.165) is 5.56 Å². The Morgan fingerprint density at radius 2 is 2.04 bits per heavy atom. The zero-order valence-electron chi connectivity index (χ0n) is 13.6. The summed E-state index contributed by atoms with van der Waals surface area (Å²) < 4.78 is 12.2. The predicted molar refractivity (Wildman–Crippen MR) is 90.8 cm³/mol. The molecule has 0 unspecified atom stereocenters. The first-order chi connectivity index (χ1) is 12.2. The SMILES string of the molecule is Cc1ccccc1Cn1cnc(NC(=O)c2ccc3c(c2)OCO3)n1. The molecule has 0 atom stereocenters. The number of hydrogen-bond acceptors (Lipinski definition) is 5. The fraction of sp³-hybridized carbons (Fsp3) is 0.167. The lowest BCUT2D eigenvalue weighted by molar-refractivity contribution is 0.102. The van der Waals surface area contributed by atoms with E-state index in [0.29, 0.717) is 23.6 Å². The van der Waals surface area contributed by atoms with E-state index >= 15 is 0 Å². The van der Waals surface area contributed by atoms with E-state index < -0.39 is 0 Å². The molecule has 2 heterocycles. The van der Waals surface area contributed by atoms with Crippen LogP contribution in [-0.2, 0) is 6.54 Å². The molecule has 1 aliphatic rings. The zero-order valence-corrected chi connectivity index (χ0v) is 13.6. The Balaban J connectivity index is 1.46. The van der Waals surface area contributed by atoms with Crippen molar-refractivity contribution >= 4 is 11.9 Å². The zero-order chi connectivity index (χ0) is 17.2. The van der Waals surface area contributed by atoms with Gasteiger partial charge < -0.3 is 9.47 Å². The lowest BCUT2D eigenvalue weighted by Gasteiger charge is -2.05. The molecule has 0 saturated heterocycles. The Hall–Kier alpha value is -3.35. The summed E-state index contributed by atoms with van der Waals surface area (Å²) >= 11 is 0. The van der Waals surface area contributed by atoms with Crippen LogP contribution in [0.2, 0.25) is 0 Å². The van der Waals surface area contributed by atoms with E-state index in [9.17, 15) is 4.79 Å². The van der Waals surface area contributed by atoms with Gasteiger partial charge in [0.05, 0.1) is 6.54 Å². The van der Waals surface area contributed by atoms with Gasteiger partial charge in [0.25, 0.3) is 5.91 Å². The van der Waals surface area contributed by atoms with Gasteiger partial charge in [-0.15, -0.1) is 5.10 Å². The van der Waals surface area contributed by atoms with E-state index in [2.05, 4.69) is 28.4 Å². The number of carbonyl (C=O) groups excluding carboxylic acids is 1. The van der Waals surface area contributed by atoms with Crippen LogP contribution in [0.4, 0.5) is 5.95 Å². The van der Waals surface area contributed by atoms with Crippen molar-refractivity contribution in [3.8, 4) is 11.5 Å². The first kappa shape index (κ1) is 15.2. The molecule has 25 heavy (non-hydrogen) atoms. The van der Waals surface area contributed by atoms with Crippen molar-refractivity contribution in [2.45, 2.75) is 13.5 Å². The largest absolute Gasteiger partial charge is 0.454 e. The molecule has 126 valence electrons. The Bertz CT molecular complexity index is 936. The number of amides is 1. The van der Waals surface area contributed by atoms with Crippen LogP contribution in [0.15, 0.2) is 48.8 Å². The van der Waals surface area contributed by atoms with Gasteiger partial charge in [0, 0.05) is 5.56 Å². The molecule has 1 aliphatic heterocycles. The molecule has 1 aromatic heterocycles. The van der Waals surface area contributed by atoms with Crippen molar-refractivity contribution in [2.24, 2.45) is 0 Å². The number of fused-ring (bicyclic) bond motifs is 1. The highest BCUT2D eigenvalue weighted by Gasteiger charge is 2.17. The predicted octanol–water partition coefficient (Wildman–Crippen LogP) is 2.62. The second kappa shape index (κ2) is 6.27. The summed E-state index contributed by atoms with van der Waals surface area (Å²) in [6.07, 6.45) is 1.60. The molecule has 4 rings (SSSR count). The monoisotopic (exact) mass is 336 g/mol. The molecular weight excluding hydrogens is 320 g/mol. The minimum atomic E-state index is -0.299. The highest BCUT2D eigenvalue weighted by molar-refractivity contribution is 6.03. The Morgan fingerprint density at radius 3 is 2.92 bits per heavy atom. The fourth-order valence-electron chi connectivity index (χ4n) is 2.60. The molecule has 7 heteroatoms. The molecule has 3 aromatic rings. The quantitative estimate of drug-likeness (QED) is 0.792. The van der Waals surface area contributed by atoms with Gasteiger partial charge in [0.2, 0.25) is 12.7 Å². The highest BCUT2D eigenvalue weighted by Crippen LogP contribution is 2.32. The van der Waals surface area contributed by atoms with Crippen LogP contribution in [0.25, 0.3) is 0 Å². The number of nitrogens with zero attached hydrogens (tertiary/aromatic N) is 3. The van der Waals surface area contributed by atoms with Crippen LogP contribution < -0.4 is 14.8 Å². The molecule has 0 fully saturated rings. The van der Waals surface area contributed by atoms with Gasteiger partial charge in [0.15, 0.2) is 11.5 Å². The molecule has 2 aromatic carbocycles. The minimum Gasteiger partial charge on any atom is -0.454 e. The number of rotatable bonds is 4. The van der Waals surface area contributed by atoms with Gasteiger partial charge in [-0.25, -0.2) is 9.67 Å². The second-order valence-electron chi connectivity index (χ2n) is 5.71. The Morgan fingerprint density at radius 1 is 1.20 bits per heavy atom. The standard InChI is InChI=1S/C18H16N4O3/c1-12-4-2-3-5-14(12)9-22-10-19-18(21-22)20-17(23)13-6-7-15-16(8-13)25-11-24-15/h2-8,10H,9,11H2,1H3,(H,20,21,23). The van der Waals surface area contributed by atoms with E-state index in [1.807, 2.05) is 18.2 Å². The Kier molecular flexibility index (Phi) is 3.81. The normalized spacial score (nSPS) is 12.2. The summed E-state index contributed by atoms with van der Waals surface area (Å²) in [5.74, 6) is 1.16. The number of carbonyl (C=O) groups is 1. The minimum absolute atomic E-state index is 0.172. The van der Waals surface area contributed by atoms with Gasteiger partial charge in [-0.3, -0.25) is 10.1 Å². The fourth-order valence-corrected chi connectivity index (χ4v) is 2.60. The maximum atomic E-state index is 12.3. The van der Waals surface area contributed by atoms with E-state index in [4.69, 9.17) is 9.47 Å². The van der Waals surface area contributed by atoms with Gasteiger partial charge in [0.1, 0.15) is 6.33 Å². The average Bonchev–Trinajstić information content (AvgIpc) is 3.25.